The van der Waals surface area contributed by atoms with Gasteiger partial charge in [-0.15, -0.1) is 0 Å². The summed E-state index contributed by atoms with van der Waals surface area (Å²) < 4.78 is 0. The number of carbonyl (C=O) groups excluding carboxylic acids is 2. The SMILES string of the molecule is Cc1ccc(C(=O)N2CCN(CC(=O)N3CCCCC3)CC2)cc1[N+](=O)[O-]. The molecule has 1 aromatic rings. The molecule has 2 saturated heterocycles. The van der Waals surface area contributed by atoms with Crippen LogP contribution in [0.3, 0.4) is 0 Å². The van der Waals surface area contributed by atoms with Gasteiger partial charge in [-0.2, -0.15) is 0 Å². The van der Waals surface area contributed by atoms with Gasteiger partial charge in [0.2, 0.25) is 5.91 Å². The molecule has 0 saturated carbocycles. The van der Waals surface area contributed by atoms with Gasteiger partial charge in [-0.1, -0.05) is 6.07 Å². The molecule has 0 spiro atoms. The minimum atomic E-state index is -0.462. The van der Waals surface area contributed by atoms with Gasteiger partial charge in [0.1, 0.15) is 0 Å². The summed E-state index contributed by atoms with van der Waals surface area (Å²) >= 11 is 0. The average molecular weight is 374 g/mol. The van der Waals surface area contributed by atoms with E-state index in [2.05, 4.69) is 4.90 Å². The first-order valence-electron chi connectivity index (χ1n) is 9.50. The highest BCUT2D eigenvalue weighted by Gasteiger charge is 2.26. The summed E-state index contributed by atoms with van der Waals surface area (Å²) in [5.74, 6) is -0.0243. The van der Waals surface area contributed by atoms with E-state index in [1.807, 2.05) is 4.90 Å². The van der Waals surface area contributed by atoms with Crippen LogP contribution in [0.4, 0.5) is 5.69 Å². The second-order valence-electron chi connectivity index (χ2n) is 7.27. The summed E-state index contributed by atoms with van der Waals surface area (Å²) in [5.41, 5.74) is 0.842. The number of nitro groups is 1. The van der Waals surface area contributed by atoms with Crippen molar-refractivity contribution in [3.05, 3.63) is 39.4 Å². The molecule has 3 rings (SSSR count). The van der Waals surface area contributed by atoms with E-state index in [-0.39, 0.29) is 17.5 Å². The van der Waals surface area contributed by atoms with Crippen molar-refractivity contribution in [2.24, 2.45) is 0 Å². The van der Waals surface area contributed by atoms with Crippen LogP contribution < -0.4 is 0 Å². The van der Waals surface area contributed by atoms with Gasteiger partial charge in [-0.3, -0.25) is 24.6 Å². The summed E-state index contributed by atoms with van der Waals surface area (Å²) in [4.78, 5) is 41.4. The Morgan fingerprint density at radius 3 is 2.30 bits per heavy atom. The van der Waals surface area contributed by atoms with Crippen LogP contribution in [0.15, 0.2) is 18.2 Å². The minimum absolute atomic E-state index is 0.0355. The molecule has 2 aliphatic heterocycles. The van der Waals surface area contributed by atoms with Crippen LogP contribution in [0.25, 0.3) is 0 Å². The molecule has 1 aromatic carbocycles. The van der Waals surface area contributed by atoms with Gasteiger partial charge in [0, 0.05) is 56.5 Å². The predicted molar refractivity (Wildman–Crippen MR) is 101 cm³/mol. The molecule has 2 aliphatic rings. The number of piperidine rings is 1. The van der Waals surface area contributed by atoms with Crippen LogP contribution in [-0.2, 0) is 4.79 Å². The van der Waals surface area contributed by atoms with E-state index in [0.29, 0.717) is 43.9 Å². The van der Waals surface area contributed by atoms with Crippen LogP contribution in [0.2, 0.25) is 0 Å². The fourth-order valence-corrected chi connectivity index (χ4v) is 3.67. The lowest BCUT2D eigenvalue weighted by atomic mass is 10.1. The van der Waals surface area contributed by atoms with Crippen molar-refractivity contribution in [1.82, 2.24) is 14.7 Å². The number of hydrogen-bond donors (Lipinski definition) is 0. The van der Waals surface area contributed by atoms with Crippen LogP contribution in [0.1, 0.15) is 35.2 Å². The Labute approximate surface area is 158 Å². The Morgan fingerprint density at radius 2 is 1.67 bits per heavy atom. The van der Waals surface area contributed by atoms with Gasteiger partial charge in [-0.05, 0) is 32.3 Å². The molecule has 2 amide bonds. The first-order chi connectivity index (χ1) is 13.0. The molecule has 146 valence electrons. The molecule has 0 aromatic heterocycles. The lowest BCUT2D eigenvalue weighted by Gasteiger charge is -2.36. The monoisotopic (exact) mass is 374 g/mol. The second kappa shape index (κ2) is 8.47. The maximum atomic E-state index is 12.7. The molecule has 0 unspecified atom stereocenters. The molecule has 8 nitrogen and oxygen atoms in total. The molecule has 8 heteroatoms. The van der Waals surface area contributed by atoms with Crippen molar-refractivity contribution in [3.63, 3.8) is 0 Å². The van der Waals surface area contributed by atoms with Crippen LogP contribution in [-0.4, -0.2) is 77.3 Å². The van der Waals surface area contributed by atoms with Crippen molar-refractivity contribution < 1.29 is 14.5 Å². The van der Waals surface area contributed by atoms with Gasteiger partial charge in [0.05, 0.1) is 11.5 Å². The highest BCUT2D eigenvalue weighted by molar-refractivity contribution is 5.95. The second-order valence-corrected chi connectivity index (χ2v) is 7.27. The first kappa shape index (κ1) is 19.3. The van der Waals surface area contributed by atoms with E-state index in [4.69, 9.17) is 0 Å². The van der Waals surface area contributed by atoms with E-state index in [1.54, 1.807) is 24.0 Å². The van der Waals surface area contributed by atoms with Crippen molar-refractivity contribution >= 4 is 17.5 Å². The maximum Gasteiger partial charge on any atom is 0.273 e. The Balaban J connectivity index is 1.54. The van der Waals surface area contributed by atoms with Crippen LogP contribution >= 0.6 is 0 Å². The number of hydrogen-bond acceptors (Lipinski definition) is 5. The largest absolute Gasteiger partial charge is 0.342 e. The highest BCUT2D eigenvalue weighted by atomic mass is 16.6. The summed E-state index contributed by atoms with van der Waals surface area (Å²) in [5, 5.41) is 11.1. The highest BCUT2D eigenvalue weighted by Crippen LogP contribution is 2.21. The standard InChI is InChI=1S/C19H26N4O4/c1-15-5-6-16(13-17(15)23(26)27)19(25)22-11-9-20(10-12-22)14-18(24)21-7-3-2-4-8-21/h5-6,13H,2-4,7-12,14H2,1H3. The normalized spacial score (nSPS) is 18.4. The van der Waals surface area contributed by atoms with Gasteiger partial charge in [0.25, 0.3) is 11.6 Å². The summed E-state index contributed by atoms with van der Waals surface area (Å²) in [7, 11) is 0. The average Bonchev–Trinajstić information content (AvgIpc) is 2.69. The van der Waals surface area contributed by atoms with E-state index >= 15 is 0 Å². The van der Waals surface area contributed by atoms with Crippen LogP contribution in [0.5, 0.6) is 0 Å². The zero-order valence-corrected chi connectivity index (χ0v) is 15.7. The third-order valence-electron chi connectivity index (χ3n) is 5.38. The Morgan fingerprint density at radius 1 is 1.00 bits per heavy atom. The fourth-order valence-electron chi connectivity index (χ4n) is 3.67. The van der Waals surface area contributed by atoms with Gasteiger partial charge in [0.15, 0.2) is 0 Å². The van der Waals surface area contributed by atoms with Gasteiger partial charge < -0.3 is 9.80 Å². The predicted octanol–water partition coefficient (Wildman–Crippen LogP) is 1.67. The Kier molecular flexibility index (Phi) is 6.05. The summed E-state index contributed by atoms with van der Waals surface area (Å²) in [6.07, 6.45) is 3.36. The lowest BCUT2D eigenvalue weighted by molar-refractivity contribution is -0.385. The summed E-state index contributed by atoms with van der Waals surface area (Å²) in [6, 6.07) is 4.60. The Bertz CT molecular complexity index is 722. The number of nitro benzene ring substituents is 1. The number of amides is 2. The summed E-state index contributed by atoms with van der Waals surface area (Å²) in [6.45, 7) is 6.08. The third kappa shape index (κ3) is 4.63. The number of rotatable bonds is 4. The van der Waals surface area contributed by atoms with E-state index in [1.165, 1.54) is 12.5 Å². The molecule has 0 bridgehead atoms. The molecular formula is C19H26N4O4. The molecule has 0 atom stereocenters. The molecule has 2 heterocycles. The molecule has 2 fully saturated rings. The zero-order chi connectivity index (χ0) is 19.4. The number of carbonyl (C=O) groups is 2. The van der Waals surface area contributed by atoms with Crippen molar-refractivity contribution in [2.45, 2.75) is 26.2 Å². The van der Waals surface area contributed by atoms with Gasteiger partial charge in [-0.25, -0.2) is 0 Å². The smallest absolute Gasteiger partial charge is 0.273 e. The van der Waals surface area contributed by atoms with Crippen LogP contribution in [0, 0.1) is 17.0 Å². The third-order valence-corrected chi connectivity index (χ3v) is 5.38. The quantitative estimate of drug-likeness (QED) is 0.591. The molecule has 0 N–H and O–H groups in total. The Hall–Kier alpha value is -2.48. The van der Waals surface area contributed by atoms with E-state index in [0.717, 1.165) is 25.9 Å². The lowest BCUT2D eigenvalue weighted by Crippen LogP contribution is -2.52. The fraction of sp³-hybridized carbons (Fsp3) is 0.579. The molecule has 0 aliphatic carbocycles. The van der Waals surface area contributed by atoms with Crippen molar-refractivity contribution in [2.75, 3.05) is 45.8 Å². The zero-order valence-electron chi connectivity index (χ0n) is 15.7. The first-order valence-corrected chi connectivity index (χ1v) is 9.50. The van der Waals surface area contributed by atoms with E-state index in [9.17, 15) is 19.7 Å². The van der Waals surface area contributed by atoms with Gasteiger partial charge >= 0.3 is 0 Å². The molecular weight excluding hydrogens is 348 g/mol. The van der Waals surface area contributed by atoms with Crippen molar-refractivity contribution in [1.29, 1.82) is 0 Å². The number of piperazine rings is 1. The maximum absolute atomic E-state index is 12.7. The van der Waals surface area contributed by atoms with E-state index < -0.39 is 4.92 Å². The number of likely N-dealkylation sites (tertiary alicyclic amines) is 1. The minimum Gasteiger partial charge on any atom is -0.342 e. The number of aryl methyl sites for hydroxylation is 1. The molecule has 27 heavy (non-hydrogen) atoms. The topological polar surface area (TPSA) is 87.0 Å². The van der Waals surface area contributed by atoms with Crippen molar-refractivity contribution in [3.8, 4) is 0 Å². The molecule has 0 radical (unpaired) electrons. The number of benzene rings is 1. The number of nitrogens with zero attached hydrogens (tertiary/aromatic N) is 4.